The van der Waals surface area contributed by atoms with Crippen LogP contribution >= 0.6 is 23.8 Å². The number of hydrogen-bond donors (Lipinski definition) is 2. The summed E-state index contributed by atoms with van der Waals surface area (Å²) in [4.78, 5) is 0.277. The van der Waals surface area contributed by atoms with E-state index in [0.29, 0.717) is 28.9 Å². The number of nitrogens with zero attached hydrogens (tertiary/aromatic N) is 1. The van der Waals surface area contributed by atoms with E-state index in [1.165, 1.54) is 0 Å². The van der Waals surface area contributed by atoms with Crippen molar-refractivity contribution in [1.82, 2.24) is 4.31 Å². The van der Waals surface area contributed by atoms with Gasteiger partial charge in [0.15, 0.2) is 5.11 Å². The van der Waals surface area contributed by atoms with Crippen LogP contribution in [0, 0.1) is 0 Å². The predicted octanol–water partition coefficient (Wildman–Crippen LogP) is 4.32. The van der Waals surface area contributed by atoms with Crippen LogP contribution in [0.15, 0.2) is 53.4 Å². The Morgan fingerprint density at radius 3 is 2.31 bits per heavy atom. The zero-order valence-corrected chi connectivity index (χ0v) is 16.5. The summed E-state index contributed by atoms with van der Waals surface area (Å²) in [6.45, 7) is 1.16. The molecule has 2 N–H and O–H groups in total. The van der Waals surface area contributed by atoms with E-state index in [1.54, 1.807) is 40.7 Å². The Bertz CT molecular complexity index is 880. The smallest absolute Gasteiger partial charge is 0.243 e. The number of hydrogen-bond acceptors (Lipinski definition) is 3. The first-order valence-electron chi connectivity index (χ1n) is 8.39. The van der Waals surface area contributed by atoms with Gasteiger partial charge in [-0.15, -0.1) is 0 Å². The molecule has 0 amide bonds. The molecule has 1 saturated heterocycles. The van der Waals surface area contributed by atoms with Gasteiger partial charge in [-0.3, -0.25) is 0 Å². The van der Waals surface area contributed by atoms with Crippen molar-refractivity contribution in [2.45, 2.75) is 24.2 Å². The molecule has 2 aromatic carbocycles. The van der Waals surface area contributed by atoms with Crippen LogP contribution in [0.2, 0.25) is 5.02 Å². The first-order valence-corrected chi connectivity index (χ1v) is 10.6. The standard InChI is InChI=1S/C18H20ClN3O2S2/c19-14-7-9-15(10-8-14)20-18(25)21-16-5-4-6-17(13-16)26(23,24)22-11-2-1-3-12-22/h4-10,13H,1-3,11-12H2,(H2,20,21,25). The van der Waals surface area contributed by atoms with Gasteiger partial charge in [-0.2, -0.15) is 4.31 Å². The lowest BCUT2D eigenvalue weighted by atomic mass is 10.2. The van der Waals surface area contributed by atoms with Crippen LogP contribution in [0.3, 0.4) is 0 Å². The zero-order valence-electron chi connectivity index (χ0n) is 14.1. The molecule has 0 saturated carbocycles. The molecular weight excluding hydrogens is 390 g/mol. The predicted molar refractivity (Wildman–Crippen MR) is 110 cm³/mol. The van der Waals surface area contributed by atoms with Crippen molar-refractivity contribution in [2.75, 3.05) is 23.7 Å². The number of nitrogens with one attached hydrogen (secondary N) is 2. The van der Waals surface area contributed by atoms with Crippen molar-refractivity contribution >= 4 is 50.3 Å². The molecule has 8 heteroatoms. The molecule has 1 aliphatic heterocycles. The SMILES string of the molecule is O=S(=O)(c1cccc(NC(=S)Nc2ccc(Cl)cc2)c1)N1CCCCC1. The third-order valence-corrected chi connectivity index (χ3v) is 6.50. The van der Waals surface area contributed by atoms with Crippen molar-refractivity contribution < 1.29 is 8.42 Å². The van der Waals surface area contributed by atoms with Crippen LogP contribution in [0.4, 0.5) is 11.4 Å². The quantitative estimate of drug-likeness (QED) is 0.736. The summed E-state index contributed by atoms with van der Waals surface area (Å²) in [5, 5.41) is 7.08. The van der Waals surface area contributed by atoms with Gasteiger partial charge in [0.25, 0.3) is 0 Å². The third-order valence-electron chi connectivity index (χ3n) is 4.15. The Morgan fingerprint density at radius 2 is 1.62 bits per heavy atom. The van der Waals surface area contributed by atoms with E-state index in [4.69, 9.17) is 23.8 Å². The van der Waals surface area contributed by atoms with Gasteiger partial charge in [-0.25, -0.2) is 8.42 Å². The van der Waals surface area contributed by atoms with Crippen LogP contribution in [0.5, 0.6) is 0 Å². The lowest BCUT2D eigenvalue weighted by Gasteiger charge is -2.26. The minimum Gasteiger partial charge on any atom is -0.332 e. The fourth-order valence-electron chi connectivity index (χ4n) is 2.82. The fraction of sp³-hybridized carbons (Fsp3) is 0.278. The number of anilines is 2. The average Bonchev–Trinajstić information content (AvgIpc) is 2.64. The molecule has 2 aromatic rings. The molecule has 0 bridgehead atoms. The molecule has 138 valence electrons. The summed E-state index contributed by atoms with van der Waals surface area (Å²) >= 11 is 11.2. The molecule has 3 rings (SSSR count). The highest BCUT2D eigenvalue weighted by Crippen LogP contribution is 2.23. The summed E-state index contributed by atoms with van der Waals surface area (Å²) in [7, 11) is -3.47. The van der Waals surface area contributed by atoms with Gasteiger partial charge in [0.2, 0.25) is 10.0 Å². The molecule has 26 heavy (non-hydrogen) atoms. The minimum absolute atomic E-state index is 0.277. The summed E-state index contributed by atoms with van der Waals surface area (Å²) in [5.74, 6) is 0. The maximum atomic E-state index is 12.8. The molecule has 1 heterocycles. The van der Waals surface area contributed by atoms with Gasteiger partial charge in [0.05, 0.1) is 4.90 Å². The molecular formula is C18H20ClN3O2S2. The number of sulfonamides is 1. The van der Waals surface area contributed by atoms with E-state index in [2.05, 4.69) is 10.6 Å². The molecule has 0 radical (unpaired) electrons. The molecule has 1 fully saturated rings. The number of halogens is 1. The average molecular weight is 410 g/mol. The number of piperidine rings is 1. The number of rotatable bonds is 4. The topological polar surface area (TPSA) is 61.4 Å². The van der Waals surface area contributed by atoms with E-state index in [9.17, 15) is 8.42 Å². The van der Waals surface area contributed by atoms with Crippen molar-refractivity contribution in [2.24, 2.45) is 0 Å². The highest BCUT2D eigenvalue weighted by atomic mass is 35.5. The molecule has 1 aliphatic rings. The van der Waals surface area contributed by atoms with E-state index in [-0.39, 0.29) is 4.90 Å². The molecule has 0 atom stereocenters. The summed E-state index contributed by atoms with van der Waals surface area (Å²) in [6, 6.07) is 13.9. The van der Waals surface area contributed by atoms with Crippen molar-refractivity contribution in [1.29, 1.82) is 0 Å². The van der Waals surface area contributed by atoms with Gasteiger partial charge in [0.1, 0.15) is 0 Å². The van der Waals surface area contributed by atoms with Crippen molar-refractivity contribution in [3.8, 4) is 0 Å². The van der Waals surface area contributed by atoms with Crippen molar-refractivity contribution in [3.63, 3.8) is 0 Å². The van der Waals surface area contributed by atoms with Gasteiger partial charge in [0, 0.05) is 29.5 Å². The Hall–Kier alpha value is -1.67. The Labute approximate surface area is 164 Å². The Morgan fingerprint density at radius 1 is 0.962 bits per heavy atom. The fourth-order valence-corrected chi connectivity index (χ4v) is 4.74. The van der Waals surface area contributed by atoms with E-state index in [0.717, 1.165) is 24.9 Å². The van der Waals surface area contributed by atoms with Gasteiger partial charge in [-0.05, 0) is 67.5 Å². The van der Waals surface area contributed by atoms with Crippen LogP contribution in [0.1, 0.15) is 19.3 Å². The first kappa shape index (κ1) is 19.1. The Balaban J connectivity index is 1.70. The van der Waals surface area contributed by atoms with Gasteiger partial charge in [-0.1, -0.05) is 24.1 Å². The third kappa shape index (κ3) is 4.73. The number of benzene rings is 2. The summed E-state index contributed by atoms with van der Waals surface area (Å²) in [5.41, 5.74) is 1.42. The van der Waals surface area contributed by atoms with Crippen LogP contribution in [-0.4, -0.2) is 30.9 Å². The van der Waals surface area contributed by atoms with E-state index < -0.39 is 10.0 Å². The minimum atomic E-state index is -3.47. The van der Waals surface area contributed by atoms with E-state index >= 15 is 0 Å². The largest absolute Gasteiger partial charge is 0.332 e. The maximum Gasteiger partial charge on any atom is 0.243 e. The molecule has 0 aliphatic carbocycles. The molecule has 0 aromatic heterocycles. The molecule has 5 nitrogen and oxygen atoms in total. The van der Waals surface area contributed by atoms with Gasteiger partial charge < -0.3 is 10.6 Å². The Kier molecular flexibility index (Phi) is 6.13. The second-order valence-electron chi connectivity index (χ2n) is 6.08. The second-order valence-corrected chi connectivity index (χ2v) is 8.86. The molecule has 0 unspecified atom stereocenters. The number of thiocarbonyl (C=S) groups is 1. The highest BCUT2D eigenvalue weighted by Gasteiger charge is 2.25. The monoisotopic (exact) mass is 409 g/mol. The summed E-state index contributed by atoms with van der Waals surface area (Å²) < 4.78 is 27.1. The zero-order chi connectivity index (χ0) is 18.6. The van der Waals surface area contributed by atoms with Gasteiger partial charge >= 0.3 is 0 Å². The first-order chi connectivity index (χ1) is 12.4. The van der Waals surface area contributed by atoms with E-state index in [1.807, 2.05) is 12.1 Å². The van der Waals surface area contributed by atoms with Crippen LogP contribution < -0.4 is 10.6 Å². The lowest BCUT2D eigenvalue weighted by Crippen LogP contribution is -2.35. The highest BCUT2D eigenvalue weighted by molar-refractivity contribution is 7.89. The maximum absolute atomic E-state index is 12.8. The van der Waals surface area contributed by atoms with Crippen LogP contribution in [-0.2, 0) is 10.0 Å². The second kappa shape index (κ2) is 8.35. The summed E-state index contributed by atoms with van der Waals surface area (Å²) in [6.07, 6.45) is 2.90. The normalized spacial score (nSPS) is 15.4. The lowest BCUT2D eigenvalue weighted by molar-refractivity contribution is 0.346. The van der Waals surface area contributed by atoms with Crippen molar-refractivity contribution in [3.05, 3.63) is 53.6 Å². The van der Waals surface area contributed by atoms with Crippen LogP contribution in [0.25, 0.3) is 0 Å². The molecule has 0 spiro atoms.